The third-order valence-corrected chi connectivity index (χ3v) is 7.92. The molecule has 0 rings (SSSR count). The lowest BCUT2D eigenvalue weighted by atomic mass is 9.91. The van der Waals surface area contributed by atoms with Crippen LogP contribution in [0.25, 0.3) is 0 Å². The molecular weight excluding hydrogens is 240 g/mol. The van der Waals surface area contributed by atoms with Crippen LogP contribution in [0.5, 0.6) is 0 Å². The molecule has 0 aromatic carbocycles. The molecule has 0 saturated carbocycles. The fourth-order valence-corrected chi connectivity index (χ4v) is 1.95. The van der Waals surface area contributed by atoms with E-state index < -0.39 is 8.32 Å². The Morgan fingerprint density at radius 1 is 1.11 bits per heavy atom. The first-order chi connectivity index (χ1) is 7.88. The zero-order valence-electron chi connectivity index (χ0n) is 13.2. The molecule has 0 saturated heterocycles. The minimum absolute atomic E-state index is 0.00479. The summed E-state index contributed by atoms with van der Waals surface area (Å²) in [5.41, 5.74) is -0.368. The standard InChI is InChI=1S/C15H28O2Si/c1-14(2,3)13(16)11-9-10-12-17-18(7,8)15(4,5)6/h10,12H2,1-8H3. The Kier molecular flexibility index (Phi) is 5.83. The summed E-state index contributed by atoms with van der Waals surface area (Å²) in [5.74, 6) is 5.60. The summed E-state index contributed by atoms with van der Waals surface area (Å²) >= 11 is 0. The van der Waals surface area contributed by atoms with Crippen molar-refractivity contribution in [3.8, 4) is 11.8 Å². The molecule has 18 heavy (non-hydrogen) atoms. The molecule has 0 aliphatic rings. The zero-order chi connectivity index (χ0) is 14.6. The summed E-state index contributed by atoms with van der Waals surface area (Å²) in [4.78, 5) is 11.6. The lowest BCUT2D eigenvalue weighted by Gasteiger charge is -2.35. The van der Waals surface area contributed by atoms with Gasteiger partial charge in [-0.1, -0.05) is 47.5 Å². The van der Waals surface area contributed by atoms with Gasteiger partial charge in [0.05, 0.1) is 0 Å². The topological polar surface area (TPSA) is 26.3 Å². The first kappa shape index (κ1) is 17.4. The quantitative estimate of drug-likeness (QED) is 0.334. The Morgan fingerprint density at radius 2 is 1.61 bits per heavy atom. The summed E-state index contributed by atoms with van der Waals surface area (Å²) in [7, 11) is -1.67. The molecule has 0 bridgehead atoms. The van der Waals surface area contributed by atoms with Gasteiger partial charge in [0.15, 0.2) is 8.32 Å². The summed E-state index contributed by atoms with van der Waals surface area (Å²) < 4.78 is 5.99. The van der Waals surface area contributed by atoms with Crippen molar-refractivity contribution in [3.63, 3.8) is 0 Å². The van der Waals surface area contributed by atoms with E-state index >= 15 is 0 Å². The summed E-state index contributed by atoms with van der Waals surface area (Å²) in [6, 6.07) is 0. The average molecular weight is 268 g/mol. The number of rotatable bonds is 3. The SMILES string of the molecule is CC(C)(C)C(=O)C#CCCO[Si](C)(C)C(C)(C)C. The van der Waals surface area contributed by atoms with E-state index in [-0.39, 0.29) is 16.2 Å². The first-order valence-electron chi connectivity index (χ1n) is 6.55. The van der Waals surface area contributed by atoms with E-state index in [9.17, 15) is 4.79 Å². The van der Waals surface area contributed by atoms with Gasteiger partial charge in [-0.05, 0) is 24.1 Å². The molecule has 3 heteroatoms. The molecule has 2 nitrogen and oxygen atoms in total. The van der Waals surface area contributed by atoms with Crippen molar-refractivity contribution in [2.24, 2.45) is 5.41 Å². The smallest absolute Gasteiger partial charge is 0.210 e. The van der Waals surface area contributed by atoms with Crippen molar-refractivity contribution >= 4 is 14.1 Å². The fourth-order valence-electron chi connectivity index (χ4n) is 0.904. The molecule has 0 heterocycles. The number of carbonyl (C=O) groups is 1. The van der Waals surface area contributed by atoms with Crippen molar-refractivity contribution in [3.05, 3.63) is 0 Å². The highest BCUT2D eigenvalue weighted by Gasteiger charge is 2.36. The van der Waals surface area contributed by atoms with Crippen LogP contribution in [-0.4, -0.2) is 20.7 Å². The zero-order valence-corrected chi connectivity index (χ0v) is 14.2. The molecule has 0 spiro atoms. The maximum Gasteiger partial charge on any atom is 0.210 e. The molecule has 0 N–H and O–H groups in total. The Labute approximate surface area is 114 Å². The van der Waals surface area contributed by atoms with Gasteiger partial charge in [-0.25, -0.2) is 0 Å². The van der Waals surface area contributed by atoms with E-state index in [1.54, 1.807) is 0 Å². The average Bonchev–Trinajstić information content (AvgIpc) is 2.13. The molecule has 0 radical (unpaired) electrons. The maximum absolute atomic E-state index is 11.6. The minimum Gasteiger partial charge on any atom is -0.416 e. The van der Waals surface area contributed by atoms with Crippen molar-refractivity contribution < 1.29 is 9.22 Å². The van der Waals surface area contributed by atoms with Gasteiger partial charge in [0.1, 0.15) is 0 Å². The van der Waals surface area contributed by atoms with Crippen LogP contribution in [-0.2, 0) is 9.22 Å². The minimum atomic E-state index is -1.67. The van der Waals surface area contributed by atoms with Crippen LogP contribution < -0.4 is 0 Å². The highest BCUT2D eigenvalue weighted by Crippen LogP contribution is 2.36. The fraction of sp³-hybridized carbons (Fsp3) is 0.800. The van der Waals surface area contributed by atoms with Gasteiger partial charge in [-0.2, -0.15) is 0 Å². The van der Waals surface area contributed by atoms with Gasteiger partial charge in [-0.15, -0.1) is 0 Å². The second kappa shape index (κ2) is 6.03. The van der Waals surface area contributed by atoms with Gasteiger partial charge < -0.3 is 4.43 Å². The van der Waals surface area contributed by atoms with Crippen molar-refractivity contribution in [2.45, 2.75) is 66.1 Å². The van der Waals surface area contributed by atoms with Crippen molar-refractivity contribution in [2.75, 3.05) is 6.61 Å². The molecule has 0 aromatic heterocycles. The first-order valence-corrected chi connectivity index (χ1v) is 9.46. The molecular formula is C15H28O2Si. The summed E-state index contributed by atoms with van der Waals surface area (Å²) in [6.45, 7) is 17.4. The predicted molar refractivity (Wildman–Crippen MR) is 80.0 cm³/mol. The van der Waals surface area contributed by atoms with E-state index in [2.05, 4.69) is 45.7 Å². The van der Waals surface area contributed by atoms with Crippen LogP contribution in [0.15, 0.2) is 0 Å². The van der Waals surface area contributed by atoms with E-state index in [1.807, 2.05) is 20.8 Å². The number of carbonyl (C=O) groups excluding carboxylic acids is 1. The number of hydrogen-bond donors (Lipinski definition) is 0. The van der Waals surface area contributed by atoms with Crippen LogP contribution in [0.4, 0.5) is 0 Å². The third-order valence-electron chi connectivity index (χ3n) is 3.38. The van der Waals surface area contributed by atoms with Crippen molar-refractivity contribution in [1.29, 1.82) is 0 Å². The van der Waals surface area contributed by atoms with Crippen LogP contribution in [0.3, 0.4) is 0 Å². The normalized spacial score (nSPS) is 12.9. The van der Waals surface area contributed by atoms with E-state index in [0.717, 1.165) is 0 Å². The molecule has 0 aliphatic heterocycles. The Morgan fingerprint density at radius 3 is 2.00 bits per heavy atom. The van der Waals surface area contributed by atoms with E-state index in [4.69, 9.17) is 4.43 Å². The second-order valence-corrected chi connectivity index (χ2v) is 12.0. The third kappa shape index (κ3) is 5.84. The summed E-state index contributed by atoms with van der Waals surface area (Å²) in [5, 5.41) is 0.224. The highest BCUT2D eigenvalue weighted by atomic mass is 28.4. The molecule has 104 valence electrons. The predicted octanol–water partition coefficient (Wildman–Crippen LogP) is 4.02. The van der Waals surface area contributed by atoms with Crippen molar-refractivity contribution in [1.82, 2.24) is 0 Å². The summed E-state index contributed by atoms with van der Waals surface area (Å²) in [6.07, 6.45) is 0.633. The maximum atomic E-state index is 11.6. The Balaban J connectivity index is 4.18. The van der Waals surface area contributed by atoms with E-state index in [0.29, 0.717) is 13.0 Å². The number of ketones is 1. The molecule has 0 aromatic rings. The monoisotopic (exact) mass is 268 g/mol. The molecule has 0 unspecified atom stereocenters. The second-order valence-electron chi connectivity index (χ2n) is 7.24. The molecule has 0 fully saturated rings. The molecule has 0 atom stereocenters. The van der Waals surface area contributed by atoms with Gasteiger partial charge in [0.25, 0.3) is 0 Å². The highest BCUT2D eigenvalue weighted by molar-refractivity contribution is 6.74. The lowest BCUT2D eigenvalue weighted by Crippen LogP contribution is -2.40. The van der Waals surface area contributed by atoms with Crippen LogP contribution in [0.1, 0.15) is 48.0 Å². The van der Waals surface area contributed by atoms with Gasteiger partial charge in [0, 0.05) is 18.4 Å². The lowest BCUT2D eigenvalue weighted by molar-refractivity contribution is -0.120. The van der Waals surface area contributed by atoms with Gasteiger partial charge in [-0.3, -0.25) is 4.79 Å². The van der Waals surface area contributed by atoms with Crippen LogP contribution in [0.2, 0.25) is 18.1 Å². The van der Waals surface area contributed by atoms with Crippen LogP contribution >= 0.6 is 0 Å². The largest absolute Gasteiger partial charge is 0.416 e. The molecule has 0 amide bonds. The van der Waals surface area contributed by atoms with Crippen LogP contribution in [0, 0.1) is 17.3 Å². The Bertz CT molecular complexity index is 345. The van der Waals surface area contributed by atoms with Gasteiger partial charge in [0.2, 0.25) is 5.78 Å². The molecule has 0 aliphatic carbocycles. The number of Topliss-reactive ketones (excluding diaryl/α,β-unsaturated/α-hetero) is 1. The Hall–Kier alpha value is -0.593. The van der Waals surface area contributed by atoms with Gasteiger partial charge >= 0.3 is 0 Å². The number of hydrogen-bond acceptors (Lipinski definition) is 2. The van der Waals surface area contributed by atoms with E-state index in [1.165, 1.54) is 0 Å².